The van der Waals surface area contributed by atoms with E-state index in [0.29, 0.717) is 17.0 Å². The number of non-ortho nitro benzene ring substituents is 1. The number of hydrazone groups is 1. The van der Waals surface area contributed by atoms with Crippen molar-refractivity contribution < 1.29 is 23.0 Å². The zero-order chi connectivity index (χ0) is 19.6. The Hall–Kier alpha value is -3.71. The molecule has 138 valence electrons. The molecule has 0 aliphatic carbocycles. The highest BCUT2D eigenvalue weighted by Gasteiger charge is 2.37. The van der Waals surface area contributed by atoms with E-state index in [9.17, 15) is 38.2 Å². The van der Waals surface area contributed by atoms with Gasteiger partial charge in [0.15, 0.2) is 5.69 Å². The minimum absolute atomic E-state index is 0.308. The van der Waals surface area contributed by atoms with Gasteiger partial charge in [0.2, 0.25) is 0 Å². The SMILES string of the molecule is Cn1[nH]c(C(F)(F)F)c(/C=N/Nc2ccc([N+](=O)[O-])cc2[N+](=O)[O-])c1=O. The van der Waals surface area contributed by atoms with Gasteiger partial charge in [-0.15, -0.1) is 0 Å². The van der Waals surface area contributed by atoms with Crippen LogP contribution in [0.4, 0.5) is 30.2 Å². The van der Waals surface area contributed by atoms with E-state index in [2.05, 4.69) is 10.5 Å². The molecule has 0 aliphatic rings. The van der Waals surface area contributed by atoms with Crippen LogP contribution in [0.3, 0.4) is 0 Å². The fourth-order valence-corrected chi connectivity index (χ4v) is 1.95. The molecular weight excluding hydrogens is 365 g/mol. The fraction of sp³-hybridized carbons (Fsp3) is 0.167. The molecule has 0 aliphatic heterocycles. The van der Waals surface area contributed by atoms with E-state index in [1.807, 2.05) is 5.10 Å². The number of hydrogen-bond donors (Lipinski definition) is 2. The second kappa shape index (κ2) is 6.66. The van der Waals surface area contributed by atoms with E-state index in [1.54, 1.807) is 0 Å². The summed E-state index contributed by atoms with van der Waals surface area (Å²) < 4.78 is 39.2. The maximum atomic E-state index is 12.9. The normalized spacial score (nSPS) is 11.7. The van der Waals surface area contributed by atoms with Crippen LogP contribution in [0, 0.1) is 20.2 Å². The summed E-state index contributed by atoms with van der Waals surface area (Å²) in [4.78, 5) is 31.5. The van der Waals surface area contributed by atoms with Crippen molar-refractivity contribution in [3.8, 4) is 0 Å². The number of nitrogens with one attached hydrogen (secondary N) is 2. The number of hydrogen-bond acceptors (Lipinski definition) is 7. The molecule has 26 heavy (non-hydrogen) atoms. The molecule has 14 heteroatoms. The van der Waals surface area contributed by atoms with Crippen LogP contribution in [-0.4, -0.2) is 25.8 Å². The highest BCUT2D eigenvalue weighted by molar-refractivity contribution is 5.82. The lowest BCUT2D eigenvalue weighted by Gasteiger charge is -2.04. The quantitative estimate of drug-likeness (QED) is 0.464. The summed E-state index contributed by atoms with van der Waals surface area (Å²) in [7, 11) is 1.07. The molecule has 0 spiro atoms. The number of alkyl halides is 3. The molecule has 0 saturated carbocycles. The van der Waals surface area contributed by atoms with Gasteiger partial charge in [-0.2, -0.15) is 18.3 Å². The maximum absolute atomic E-state index is 12.9. The number of anilines is 1. The van der Waals surface area contributed by atoms with Gasteiger partial charge in [-0.25, -0.2) is 0 Å². The molecule has 2 N–H and O–H groups in total. The van der Waals surface area contributed by atoms with E-state index in [-0.39, 0.29) is 5.69 Å². The number of H-pyrrole nitrogens is 1. The topological polar surface area (TPSA) is 148 Å². The summed E-state index contributed by atoms with van der Waals surface area (Å²) in [6.07, 6.45) is -4.30. The van der Waals surface area contributed by atoms with Crippen LogP contribution in [-0.2, 0) is 13.2 Å². The van der Waals surface area contributed by atoms with Crippen molar-refractivity contribution in [1.82, 2.24) is 9.78 Å². The van der Waals surface area contributed by atoms with Gasteiger partial charge in [-0.05, 0) is 6.07 Å². The van der Waals surface area contributed by atoms with Crippen LogP contribution < -0.4 is 11.0 Å². The van der Waals surface area contributed by atoms with Crippen molar-refractivity contribution in [3.63, 3.8) is 0 Å². The molecule has 0 saturated heterocycles. The third-order valence-electron chi connectivity index (χ3n) is 3.13. The molecule has 0 unspecified atom stereocenters. The molecule has 0 radical (unpaired) electrons. The third kappa shape index (κ3) is 3.68. The zero-order valence-corrected chi connectivity index (χ0v) is 12.8. The number of nitro groups is 2. The molecule has 0 fully saturated rings. The van der Waals surface area contributed by atoms with Gasteiger partial charge in [0.1, 0.15) is 5.69 Å². The van der Waals surface area contributed by atoms with Gasteiger partial charge in [0, 0.05) is 13.1 Å². The van der Waals surface area contributed by atoms with Crippen LogP contribution in [0.25, 0.3) is 0 Å². The minimum atomic E-state index is -4.85. The Morgan fingerprint density at radius 3 is 2.46 bits per heavy atom. The number of nitrogens with zero attached hydrogens (tertiary/aromatic N) is 4. The average Bonchev–Trinajstić information content (AvgIpc) is 2.83. The Balaban J connectivity index is 2.37. The molecule has 11 nitrogen and oxygen atoms in total. The second-order valence-electron chi connectivity index (χ2n) is 4.85. The number of aryl methyl sites for hydroxylation is 1. The summed E-state index contributed by atoms with van der Waals surface area (Å²) in [6, 6.07) is 2.57. The Kier molecular flexibility index (Phi) is 4.77. The first-order valence-electron chi connectivity index (χ1n) is 6.60. The first-order valence-corrected chi connectivity index (χ1v) is 6.60. The van der Waals surface area contributed by atoms with E-state index in [4.69, 9.17) is 0 Å². The van der Waals surface area contributed by atoms with Gasteiger partial charge in [0.25, 0.3) is 11.2 Å². The van der Waals surface area contributed by atoms with E-state index < -0.39 is 44.2 Å². The van der Waals surface area contributed by atoms with Crippen LogP contribution in [0.15, 0.2) is 28.1 Å². The predicted molar refractivity (Wildman–Crippen MR) is 82.0 cm³/mol. The number of halogens is 3. The first-order chi connectivity index (χ1) is 12.0. The summed E-state index contributed by atoms with van der Waals surface area (Å²) in [5.74, 6) is 0. The maximum Gasteiger partial charge on any atom is 0.433 e. The van der Waals surface area contributed by atoms with Crippen molar-refractivity contribution in [2.45, 2.75) is 6.18 Å². The lowest BCUT2D eigenvalue weighted by molar-refractivity contribution is -0.393. The van der Waals surface area contributed by atoms with E-state index >= 15 is 0 Å². The molecule has 1 aromatic heterocycles. The number of aromatic nitrogens is 2. The Labute approximate surface area is 141 Å². The van der Waals surface area contributed by atoms with Gasteiger partial charge in [-0.3, -0.25) is 40.2 Å². The fourth-order valence-electron chi connectivity index (χ4n) is 1.95. The molecule has 2 aromatic rings. The third-order valence-corrected chi connectivity index (χ3v) is 3.13. The first kappa shape index (κ1) is 18.6. The smallest absolute Gasteiger partial charge is 0.291 e. The molecule has 0 bridgehead atoms. The largest absolute Gasteiger partial charge is 0.433 e. The molecule has 2 rings (SSSR count). The zero-order valence-electron chi connectivity index (χ0n) is 12.8. The standard InChI is InChI=1S/C12H9F3N6O5/c1-19-11(22)7(10(18-19)12(13,14)15)5-16-17-8-3-2-6(20(23)24)4-9(8)21(25)26/h2-5,17-18H,1H3/b16-5+. The van der Waals surface area contributed by atoms with Crippen LogP contribution in [0.1, 0.15) is 11.3 Å². The lowest BCUT2D eigenvalue weighted by Crippen LogP contribution is -2.16. The van der Waals surface area contributed by atoms with Crippen molar-refractivity contribution in [1.29, 1.82) is 0 Å². The molecular formula is C12H9F3N6O5. The lowest BCUT2D eigenvalue weighted by atomic mass is 10.2. The number of rotatable bonds is 5. The minimum Gasteiger partial charge on any atom is -0.291 e. The summed E-state index contributed by atoms with van der Waals surface area (Å²) >= 11 is 0. The second-order valence-corrected chi connectivity index (χ2v) is 4.85. The van der Waals surface area contributed by atoms with Gasteiger partial charge in [0.05, 0.1) is 27.7 Å². The summed E-state index contributed by atoms with van der Waals surface area (Å²) in [5.41, 5.74) is -2.63. The number of nitro benzene ring substituents is 2. The Morgan fingerprint density at radius 1 is 1.27 bits per heavy atom. The molecule has 0 atom stereocenters. The average molecular weight is 374 g/mol. The molecule has 1 aromatic carbocycles. The number of aromatic amines is 1. The van der Waals surface area contributed by atoms with Crippen molar-refractivity contribution >= 4 is 23.3 Å². The highest BCUT2D eigenvalue weighted by Crippen LogP contribution is 2.30. The highest BCUT2D eigenvalue weighted by atomic mass is 19.4. The van der Waals surface area contributed by atoms with Gasteiger partial charge >= 0.3 is 11.9 Å². The Morgan fingerprint density at radius 2 is 1.92 bits per heavy atom. The van der Waals surface area contributed by atoms with E-state index in [1.165, 1.54) is 0 Å². The van der Waals surface area contributed by atoms with Crippen LogP contribution in [0.2, 0.25) is 0 Å². The Bertz CT molecular complexity index is 961. The predicted octanol–water partition coefficient (Wildman–Crippen LogP) is 1.99. The number of benzene rings is 1. The van der Waals surface area contributed by atoms with Crippen molar-refractivity contribution in [3.05, 3.63) is 60.0 Å². The summed E-state index contributed by atoms with van der Waals surface area (Å²) in [5, 5.41) is 26.8. The van der Waals surface area contributed by atoms with Crippen LogP contribution >= 0.6 is 0 Å². The van der Waals surface area contributed by atoms with Crippen molar-refractivity contribution in [2.75, 3.05) is 5.43 Å². The van der Waals surface area contributed by atoms with E-state index in [0.717, 1.165) is 19.2 Å². The van der Waals surface area contributed by atoms with Crippen LogP contribution in [0.5, 0.6) is 0 Å². The monoisotopic (exact) mass is 374 g/mol. The van der Waals surface area contributed by atoms with Gasteiger partial charge < -0.3 is 0 Å². The van der Waals surface area contributed by atoms with Crippen molar-refractivity contribution in [2.24, 2.45) is 12.1 Å². The summed E-state index contributed by atoms with van der Waals surface area (Å²) in [6.45, 7) is 0. The molecule has 0 amide bonds. The van der Waals surface area contributed by atoms with Gasteiger partial charge in [-0.1, -0.05) is 0 Å². The molecule has 1 heterocycles.